The van der Waals surface area contributed by atoms with Crippen LogP contribution in [-0.4, -0.2) is 16.3 Å². The maximum absolute atomic E-state index is 10.8. The van der Waals surface area contributed by atoms with Crippen molar-refractivity contribution in [3.05, 3.63) is 35.9 Å². The molecule has 4 atom stereocenters. The third kappa shape index (κ3) is 1.09. The molecule has 0 spiro atoms. The Kier molecular flexibility index (Phi) is 1.99. The number of fused-ring (bicyclic) bond motifs is 1. The molecule has 0 aliphatic heterocycles. The lowest BCUT2D eigenvalue weighted by molar-refractivity contribution is -0.118. The van der Waals surface area contributed by atoms with Crippen LogP contribution in [0.4, 0.5) is 0 Å². The van der Waals surface area contributed by atoms with Crippen molar-refractivity contribution in [1.82, 2.24) is 0 Å². The fraction of sp³-hybridized carbons (Fsp3) is 0.571. The normalized spacial score (nSPS) is 46.2. The van der Waals surface area contributed by atoms with Gasteiger partial charge in [0.05, 0.1) is 6.10 Å². The van der Waals surface area contributed by atoms with Gasteiger partial charge in [0.15, 0.2) is 0 Å². The highest BCUT2D eigenvalue weighted by molar-refractivity contribution is 5.30. The summed E-state index contributed by atoms with van der Waals surface area (Å²) in [4.78, 5) is 0. The molecular weight excluding hydrogens is 200 g/mol. The number of hydrogen-bond donors (Lipinski definition) is 2. The molecule has 86 valence electrons. The third-order valence-corrected chi connectivity index (χ3v) is 4.78. The van der Waals surface area contributed by atoms with E-state index in [9.17, 15) is 10.2 Å². The van der Waals surface area contributed by atoms with E-state index in [4.69, 9.17) is 0 Å². The van der Waals surface area contributed by atoms with Crippen LogP contribution in [0.1, 0.15) is 31.7 Å². The number of aliphatic hydroxyl groups excluding tert-OH is 1. The van der Waals surface area contributed by atoms with Gasteiger partial charge in [0.1, 0.15) is 5.60 Å². The van der Waals surface area contributed by atoms with Gasteiger partial charge in [-0.1, -0.05) is 37.3 Å². The van der Waals surface area contributed by atoms with Gasteiger partial charge in [0, 0.05) is 0 Å². The molecule has 2 aliphatic carbocycles. The highest BCUT2D eigenvalue weighted by atomic mass is 16.3. The lowest BCUT2D eigenvalue weighted by Gasteiger charge is -2.47. The predicted octanol–water partition coefficient (Wildman–Crippen LogP) is 2.06. The van der Waals surface area contributed by atoms with Crippen molar-refractivity contribution in [2.45, 2.75) is 37.9 Å². The van der Waals surface area contributed by atoms with Crippen LogP contribution in [0.2, 0.25) is 0 Å². The van der Waals surface area contributed by atoms with E-state index in [1.54, 1.807) is 0 Å². The van der Waals surface area contributed by atoms with Crippen LogP contribution in [0.3, 0.4) is 0 Å². The highest BCUT2D eigenvalue weighted by Crippen LogP contribution is 2.64. The van der Waals surface area contributed by atoms with Gasteiger partial charge < -0.3 is 10.2 Å². The molecule has 2 saturated carbocycles. The summed E-state index contributed by atoms with van der Waals surface area (Å²) in [7, 11) is 0. The molecule has 1 aromatic rings. The maximum Gasteiger partial charge on any atom is 0.119 e. The Hall–Kier alpha value is -0.860. The molecule has 0 heterocycles. The maximum atomic E-state index is 10.8. The van der Waals surface area contributed by atoms with Gasteiger partial charge in [-0.3, -0.25) is 0 Å². The second-order valence-electron chi connectivity index (χ2n) is 5.66. The molecule has 2 fully saturated rings. The van der Waals surface area contributed by atoms with E-state index in [2.05, 4.69) is 6.92 Å². The molecule has 0 saturated heterocycles. The van der Waals surface area contributed by atoms with Crippen molar-refractivity contribution < 1.29 is 10.2 Å². The highest BCUT2D eigenvalue weighted by Gasteiger charge is 2.64. The molecular formula is C14H18O2. The largest absolute Gasteiger partial charge is 0.390 e. The second-order valence-corrected chi connectivity index (χ2v) is 5.66. The first-order chi connectivity index (χ1) is 7.57. The molecule has 0 radical (unpaired) electrons. The number of rotatable bonds is 1. The monoisotopic (exact) mass is 218 g/mol. The summed E-state index contributed by atoms with van der Waals surface area (Å²) < 4.78 is 0. The van der Waals surface area contributed by atoms with Crippen molar-refractivity contribution in [2.24, 2.45) is 11.3 Å². The fourth-order valence-corrected chi connectivity index (χ4v) is 3.71. The van der Waals surface area contributed by atoms with Crippen molar-refractivity contribution >= 4 is 0 Å². The molecule has 0 bridgehead atoms. The summed E-state index contributed by atoms with van der Waals surface area (Å²) in [5, 5.41) is 21.0. The standard InChI is InChI=1S/C14H18O2/c1-13-8-7-11(13)14(16,12(15)9-13)10-5-3-2-4-6-10/h2-6,11-12,15-16H,7-9H2,1H3/t11-,12-,13-,14+/m1/s1. The summed E-state index contributed by atoms with van der Waals surface area (Å²) in [5.41, 5.74) is -0.00549. The molecule has 16 heavy (non-hydrogen) atoms. The number of benzene rings is 1. The van der Waals surface area contributed by atoms with Crippen LogP contribution in [-0.2, 0) is 5.60 Å². The van der Waals surface area contributed by atoms with Crippen LogP contribution in [0.5, 0.6) is 0 Å². The zero-order valence-electron chi connectivity index (χ0n) is 9.56. The molecule has 0 amide bonds. The Labute approximate surface area is 95.9 Å². The molecule has 2 N–H and O–H groups in total. The average molecular weight is 218 g/mol. The summed E-state index contributed by atoms with van der Waals surface area (Å²) in [5.74, 6) is 0.220. The summed E-state index contributed by atoms with van der Waals surface area (Å²) in [6.07, 6.45) is 2.26. The Bertz CT molecular complexity index is 402. The first-order valence-electron chi connectivity index (χ1n) is 6.03. The first-order valence-corrected chi connectivity index (χ1v) is 6.03. The second kappa shape index (κ2) is 3.08. The van der Waals surface area contributed by atoms with Crippen molar-refractivity contribution in [3.8, 4) is 0 Å². The topological polar surface area (TPSA) is 40.5 Å². The van der Waals surface area contributed by atoms with E-state index in [0.717, 1.165) is 24.8 Å². The van der Waals surface area contributed by atoms with Crippen molar-refractivity contribution in [2.75, 3.05) is 0 Å². The Balaban J connectivity index is 2.05. The minimum absolute atomic E-state index is 0.143. The van der Waals surface area contributed by atoms with E-state index in [0.29, 0.717) is 0 Å². The molecule has 2 nitrogen and oxygen atoms in total. The van der Waals surface area contributed by atoms with Crippen LogP contribution >= 0.6 is 0 Å². The molecule has 0 unspecified atom stereocenters. The lowest BCUT2D eigenvalue weighted by Crippen LogP contribution is -2.46. The minimum atomic E-state index is -1.02. The van der Waals surface area contributed by atoms with Gasteiger partial charge >= 0.3 is 0 Å². The molecule has 2 heteroatoms. The number of aliphatic hydroxyl groups is 2. The minimum Gasteiger partial charge on any atom is -0.390 e. The van der Waals surface area contributed by atoms with Crippen LogP contribution < -0.4 is 0 Å². The zero-order chi connectivity index (χ0) is 11.4. The lowest BCUT2D eigenvalue weighted by atomic mass is 9.59. The van der Waals surface area contributed by atoms with Crippen LogP contribution in [0.15, 0.2) is 30.3 Å². The smallest absolute Gasteiger partial charge is 0.119 e. The van der Waals surface area contributed by atoms with E-state index >= 15 is 0 Å². The quantitative estimate of drug-likeness (QED) is 0.757. The zero-order valence-corrected chi connectivity index (χ0v) is 9.56. The number of hydrogen-bond acceptors (Lipinski definition) is 2. The van der Waals surface area contributed by atoms with Gasteiger partial charge in [-0.2, -0.15) is 0 Å². The molecule has 0 aromatic heterocycles. The van der Waals surface area contributed by atoms with E-state index in [1.165, 1.54) is 0 Å². The molecule has 3 rings (SSSR count). The Morgan fingerprint density at radius 3 is 2.44 bits per heavy atom. The van der Waals surface area contributed by atoms with Crippen LogP contribution in [0, 0.1) is 11.3 Å². The fourth-order valence-electron chi connectivity index (χ4n) is 3.71. The van der Waals surface area contributed by atoms with Crippen molar-refractivity contribution in [3.63, 3.8) is 0 Å². The summed E-state index contributed by atoms with van der Waals surface area (Å²) >= 11 is 0. The molecule has 2 aliphatic rings. The summed E-state index contributed by atoms with van der Waals surface area (Å²) in [6, 6.07) is 9.64. The predicted molar refractivity (Wildman–Crippen MR) is 61.8 cm³/mol. The van der Waals surface area contributed by atoms with Crippen molar-refractivity contribution in [1.29, 1.82) is 0 Å². The van der Waals surface area contributed by atoms with E-state index < -0.39 is 11.7 Å². The first kappa shape index (κ1) is 10.3. The SMILES string of the molecule is C[C@]12CC[C@H]1[C@@](O)(c1ccccc1)[C@H](O)C2. The van der Waals surface area contributed by atoms with Gasteiger partial charge in [0.25, 0.3) is 0 Å². The van der Waals surface area contributed by atoms with Gasteiger partial charge in [-0.25, -0.2) is 0 Å². The van der Waals surface area contributed by atoms with Gasteiger partial charge in [0.2, 0.25) is 0 Å². The summed E-state index contributed by atoms with van der Waals surface area (Å²) in [6.45, 7) is 2.19. The molecule has 1 aromatic carbocycles. The Morgan fingerprint density at radius 1 is 1.25 bits per heavy atom. The third-order valence-electron chi connectivity index (χ3n) is 4.78. The van der Waals surface area contributed by atoms with Gasteiger partial charge in [-0.05, 0) is 36.2 Å². The average Bonchev–Trinajstić information content (AvgIpc) is 2.40. The van der Waals surface area contributed by atoms with E-state index in [-0.39, 0.29) is 11.3 Å². The van der Waals surface area contributed by atoms with Gasteiger partial charge in [-0.15, -0.1) is 0 Å². The van der Waals surface area contributed by atoms with Crippen LogP contribution in [0.25, 0.3) is 0 Å². The Morgan fingerprint density at radius 2 is 1.94 bits per heavy atom. The van der Waals surface area contributed by atoms with E-state index in [1.807, 2.05) is 30.3 Å².